The smallest absolute Gasteiger partial charge is 0.408 e. The summed E-state index contributed by atoms with van der Waals surface area (Å²) < 4.78 is 30.4. The van der Waals surface area contributed by atoms with Crippen LogP contribution in [0.1, 0.15) is 153 Å². The van der Waals surface area contributed by atoms with E-state index >= 15 is 0 Å². The van der Waals surface area contributed by atoms with E-state index in [2.05, 4.69) is 24.5 Å². The van der Waals surface area contributed by atoms with Gasteiger partial charge in [-0.25, -0.2) is 29.1 Å². The SMILES string of the molecule is C.COC(=O)Cc1ccc(C[C@H](NC(=O)OC(C)(C)C)C(=O)OCc2ccccc2)cc1.O=C(O)Cc1ccc(C[C@H](NC(=O)c2ccc3c(c2)nc(-c2ccoc2)n3C2CCCCC2)C(=O)O)cc1.O=C(O)c1ccc2c(c1)nc(-c1ccoc1)n2C1CCCCC1. The summed E-state index contributed by atoms with van der Waals surface area (Å²) >= 11 is 0. The van der Waals surface area contributed by atoms with E-state index < -0.39 is 53.6 Å². The molecule has 0 spiro atoms. The van der Waals surface area contributed by atoms with Crippen LogP contribution in [0, 0.1) is 0 Å². The van der Waals surface area contributed by atoms with Crippen molar-refractivity contribution >= 4 is 63.9 Å². The molecule has 488 valence electrons. The minimum absolute atomic E-state index is 0. The van der Waals surface area contributed by atoms with Crippen molar-refractivity contribution in [3.8, 4) is 22.8 Å². The van der Waals surface area contributed by atoms with E-state index in [-0.39, 0.29) is 51.2 Å². The van der Waals surface area contributed by atoms with Gasteiger partial charge in [-0.15, -0.1) is 0 Å². The fraction of sp³-hybridized carbons (Fsp3) is 0.347. The Balaban J connectivity index is 0.000000183. The summed E-state index contributed by atoms with van der Waals surface area (Å²) in [6.07, 6.45) is 17.9. The Labute approximate surface area is 539 Å². The number of imidazole rings is 2. The van der Waals surface area contributed by atoms with Crippen LogP contribution in [-0.4, -0.2) is 101 Å². The second kappa shape index (κ2) is 32.1. The number of carbonyl (C=O) groups is 7. The number of rotatable bonds is 20. The number of nitrogens with zero attached hydrogens (tertiary/aromatic N) is 4. The number of furan rings is 2. The molecule has 2 fully saturated rings. The number of carbonyl (C=O) groups excluding carboxylic acids is 4. The van der Waals surface area contributed by atoms with E-state index in [4.69, 9.17) is 33.4 Å². The van der Waals surface area contributed by atoms with E-state index in [0.29, 0.717) is 34.3 Å². The number of aromatic carboxylic acids is 1. The van der Waals surface area contributed by atoms with Gasteiger partial charge in [0.05, 0.1) is 71.2 Å². The molecule has 9 aromatic rings. The summed E-state index contributed by atoms with van der Waals surface area (Å²) in [5.41, 5.74) is 8.76. The lowest BCUT2D eigenvalue weighted by Gasteiger charge is -2.25. The summed E-state index contributed by atoms with van der Waals surface area (Å²) in [5, 5.41) is 33.1. The number of esters is 2. The van der Waals surface area contributed by atoms with Crippen LogP contribution >= 0.6 is 0 Å². The van der Waals surface area contributed by atoms with Gasteiger partial charge in [-0.1, -0.05) is 125 Å². The van der Waals surface area contributed by atoms with Crippen molar-refractivity contribution in [3.05, 3.63) is 191 Å². The zero-order chi connectivity index (χ0) is 65.3. The van der Waals surface area contributed by atoms with Crippen LogP contribution in [0.25, 0.3) is 44.8 Å². The molecule has 2 aliphatic carbocycles. The third-order valence-corrected chi connectivity index (χ3v) is 16.0. The molecule has 2 saturated carbocycles. The Kier molecular flexibility index (Phi) is 23.7. The quantitative estimate of drug-likeness (QED) is 0.0350. The number of aromatic nitrogens is 4. The molecular weight excluding hydrogens is 1190 g/mol. The van der Waals surface area contributed by atoms with Crippen LogP contribution in [0.4, 0.5) is 4.79 Å². The molecule has 2 amide bonds. The van der Waals surface area contributed by atoms with Crippen molar-refractivity contribution in [2.45, 2.75) is 154 Å². The van der Waals surface area contributed by atoms with E-state index in [0.717, 1.165) is 94.5 Å². The zero-order valence-electron chi connectivity index (χ0n) is 51.9. The first-order valence-electron chi connectivity index (χ1n) is 30.8. The van der Waals surface area contributed by atoms with E-state index in [1.807, 2.05) is 54.6 Å². The summed E-state index contributed by atoms with van der Waals surface area (Å²) in [4.78, 5) is 93.1. The summed E-state index contributed by atoms with van der Waals surface area (Å²) in [5.74, 6) is -2.75. The fourth-order valence-corrected chi connectivity index (χ4v) is 11.5. The van der Waals surface area contributed by atoms with Crippen LogP contribution in [-0.2, 0) is 65.7 Å². The maximum absolute atomic E-state index is 13.1. The van der Waals surface area contributed by atoms with Crippen molar-refractivity contribution in [2.75, 3.05) is 7.11 Å². The van der Waals surface area contributed by atoms with Crippen molar-refractivity contribution in [1.29, 1.82) is 0 Å². The number of alkyl carbamates (subject to hydrolysis) is 1. The van der Waals surface area contributed by atoms with Gasteiger partial charge in [0.1, 0.15) is 48.5 Å². The van der Waals surface area contributed by atoms with Crippen LogP contribution < -0.4 is 10.6 Å². The van der Waals surface area contributed by atoms with Crippen LogP contribution in [0.15, 0.2) is 161 Å². The predicted molar refractivity (Wildman–Crippen MR) is 348 cm³/mol. The number of fused-ring (bicyclic) bond motifs is 2. The minimum atomic E-state index is -1.15. The number of hydrogen-bond donors (Lipinski definition) is 5. The normalized spacial score (nSPS) is 14.0. The molecule has 11 rings (SSSR count). The number of nitrogens with one attached hydrogen (secondary N) is 2. The third-order valence-electron chi connectivity index (χ3n) is 16.0. The molecule has 0 saturated heterocycles. The van der Waals surface area contributed by atoms with Gasteiger partial charge in [0, 0.05) is 30.5 Å². The van der Waals surface area contributed by atoms with E-state index in [1.165, 1.54) is 32.8 Å². The number of carboxylic acid groups (broad SMARTS) is 3. The van der Waals surface area contributed by atoms with Gasteiger partial charge < -0.3 is 58.1 Å². The van der Waals surface area contributed by atoms with Crippen molar-refractivity contribution in [3.63, 3.8) is 0 Å². The number of ether oxygens (including phenoxy) is 3. The Morgan fingerprint density at radius 3 is 1.53 bits per heavy atom. The maximum atomic E-state index is 13.1. The van der Waals surface area contributed by atoms with Gasteiger partial charge in [-0.2, -0.15) is 0 Å². The average molecular weight is 1270 g/mol. The van der Waals surface area contributed by atoms with Crippen molar-refractivity contribution in [1.82, 2.24) is 29.7 Å². The van der Waals surface area contributed by atoms with Gasteiger partial charge in [0.2, 0.25) is 0 Å². The number of aliphatic carboxylic acids is 2. The maximum Gasteiger partial charge on any atom is 0.408 e. The lowest BCUT2D eigenvalue weighted by atomic mass is 9.95. The largest absolute Gasteiger partial charge is 0.481 e. The summed E-state index contributed by atoms with van der Waals surface area (Å²) in [6, 6.07) is 36.0. The first kappa shape index (κ1) is 68.6. The predicted octanol–water partition coefficient (Wildman–Crippen LogP) is 13.6. The van der Waals surface area contributed by atoms with E-state index in [1.54, 1.807) is 119 Å². The molecule has 0 aliphatic heterocycles. The highest BCUT2D eigenvalue weighted by Crippen LogP contribution is 2.38. The Morgan fingerprint density at radius 2 is 1.06 bits per heavy atom. The van der Waals surface area contributed by atoms with E-state index in [9.17, 15) is 43.8 Å². The lowest BCUT2D eigenvalue weighted by molar-refractivity contribution is -0.147. The van der Waals surface area contributed by atoms with Crippen LogP contribution in [0.3, 0.4) is 0 Å². The first-order chi connectivity index (χ1) is 44.3. The molecule has 4 aromatic heterocycles. The second-order valence-electron chi connectivity index (χ2n) is 24.0. The van der Waals surface area contributed by atoms with Gasteiger partial charge >= 0.3 is 35.9 Å². The Bertz CT molecular complexity index is 3970. The molecule has 2 aliphatic rings. The third kappa shape index (κ3) is 18.9. The number of hydrogen-bond acceptors (Lipinski definition) is 14. The van der Waals surface area contributed by atoms with Crippen molar-refractivity contribution < 1.29 is 71.9 Å². The minimum Gasteiger partial charge on any atom is -0.481 e. The molecule has 4 heterocycles. The number of benzene rings is 5. The molecule has 0 bridgehead atoms. The molecular formula is C72H80N6O15. The van der Waals surface area contributed by atoms with Crippen LogP contribution in [0.2, 0.25) is 0 Å². The lowest BCUT2D eigenvalue weighted by Crippen LogP contribution is -2.45. The number of carboxylic acids is 3. The van der Waals surface area contributed by atoms with Gasteiger partial charge in [0.25, 0.3) is 5.91 Å². The molecule has 93 heavy (non-hydrogen) atoms. The average Bonchev–Trinajstić information content (AvgIpc) is 1.63. The molecule has 2 atom stereocenters. The van der Waals surface area contributed by atoms with Crippen molar-refractivity contribution in [2.24, 2.45) is 0 Å². The Morgan fingerprint density at radius 1 is 0.581 bits per heavy atom. The fourth-order valence-electron chi connectivity index (χ4n) is 11.5. The molecule has 0 radical (unpaired) electrons. The second-order valence-corrected chi connectivity index (χ2v) is 24.0. The van der Waals surface area contributed by atoms with Gasteiger partial charge in [-0.05, 0) is 123 Å². The molecule has 21 heteroatoms. The number of methoxy groups -OCH3 is 1. The molecule has 0 unspecified atom stereocenters. The Hall–Kier alpha value is -10.3. The molecule has 21 nitrogen and oxygen atoms in total. The number of amides is 2. The van der Waals surface area contributed by atoms with Gasteiger partial charge in [-0.3, -0.25) is 14.4 Å². The molecule has 5 N–H and O–H groups in total. The summed E-state index contributed by atoms with van der Waals surface area (Å²) in [7, 11) is 1.34. The highest BCUT2D eigenvalue weighted by Gasteiger charge is 2.29. The summed E-state index contributed by atoms with van der Waals surface area (Å²) in [6.45, 7) is 5.34. The first-order valence-corrected chi connectivity index (χ1v) is 30.8. The standard InChI is InChI=1S/C29H29N3O6.C24H29NO6.C18H18N2O3.CH4/c33-26(34)15-19-8-6-18(7-9-19)14-24(29(36)37)31-28(35)20-10-11-25-23(16-20)30-27(21-12-13-38-17-21)32(25)22-4-2-1-3-5-22;1-24(2,3)31-23(28)25-20(22(27)30-16-19-8-6-5-7-9-19)14-17-10-12-18(13-11-17)15-21(26)29-4;21-18(22)12-6-7-16-15(10-12)19-17(13-8-9-23-11-13)20(16)14-4-2-1-3-5-14;/h6-13,16-17,22,24H,1-5,14-15H2,(H,31,35)(H,33,34)(H,36,37);5-13,20H,14-16H2,1-4H3,(H,25,28);6-11,14H,1-5H2,(H,21,22);1H4/t24-;20-;;/m00../s1. The van der Waals surface area contributed by atoms with Gasteiger partial charge in [0.15, 0.2) is 0 Å². The monoisotopic (exact) mass is 1270 g/mol. The topological polar surface area (TPSA) is 294 Å². The zero-order valence-corrected chi connectivity index (χ0v) is 51.9. The highest BCUT2D eigenvalue weighted by molar-refractivity contribution is 6.00. The van der Waals surface area contributed by atoms with Crippen LogP contribution in [0.5, 0.6) is 0 Å². The highest BCUT2D eigenvalue weighted by atomic mass is 16.6. The molecule has 5 aromatic carbocycles.